The van der Waals surface area contributed by atoms with E-state index < -0.39 is 11.7 Å². The van der Waals surface area contributed by atoms with Gasteiger partial charge >= 0.3 is 6.18 Å². The number of halogens is 3. The fourth-order valence-corrected chi connectivity index (χ4v) is 3.59. The molecule has 4 aromatic rings. The molecule has 1 N–H and O–H groups in total. The summed E-state index contributed by atoms with van der Waals surface area (Å²) in [5.74, 6) is -0.00841. The molecule has 1 amide bonds. The van der Waals surface area contributed by atoms with Crippen molar-refractivity contribution in [3.05, 3.63) is 83.4 Å². The molecule has 0 aliphatic rings. The topological polar surface area (TPSA) is 79.7 Å². The van der Waals surface area contributed by atoms with Gasteiger partial charge in [0.15, 0.2) is 5.82 Å². The van der Waals surface area contributed by atoms with Crippen LogP contribution in [0.5, 0.6) is 0 Å². The summed E-state index contributed by atoms with van der Waals surface area (Å²) in [6.07, 6.45) is -0.845. The van der Waals surface area contributed by atoms with E-state index in [1.165, 1.54) is 16.9 Å². The van der Waals surface area contributed by atoms with Crippen molar-refractivity contribution < 1.29 is 18.0 Å². The van der Waals surface area contributed by atoms with E-state index in [2.05, 4.69) is 20.3 Å². The molecule has 0 aliphatic heterocycles. The number of carbonyl (C=O) groups is 1. The van der Waals surface area contributed by atoms with Crippen LogP contribution in [0.25, 0.3) is 17.1 Å². The van der Waals surface area contributed by atoms with E-state index in [0.717, 1.165) is 42.1 Å². The van der Waals surface area contributed by atoms with E-state index in [1.807, 2.05) is 36.4 Å². The van der Waals surface area contributed by atoms with Crippen molar-refractivity contribution >= 4 is 5.91 Å². The number of rotatable bonds is 7. The second-order valence-corrected chi connectivity index (χ2v) is 7.93. The molecule has 3 heterocycles. The standard InChI is InChI=1S/C24H23F3N6O/c1-16-20(15-29-33(16)22-11-10-18(14-28-22)24(25,26)27)23(34)32(2)12-6-9-19-13-21(31-30-19)17-7-4-3-5-8-17/h3-5,7-8,10-11,13-15H,6,9,12H2,1-2H3,(H,30,31). The Kier molecular flexibility index (Phi) is 6.49. The highest BCUT2D eigenvalue weighted by Crippen LogP contribution is 2.29. The fraction of sp³-hybridized carbons (Fsp3) is 0.250. The highest BCUT2D eigenvalue weighted by molar-refractivity contribution is 5.95. The Morgan fingerprint density at radius 3 is 2.56 bits per heavy atom. The maximum atomic E-state index is 12.9. The number of aromatic nitrogens is 5. The zero-order valence-corrected chi connectivity index (χ0v) is 18.7. The monoisotopic (exact) mass is 468 g/mol. The van der Waals surface area contributed by atoms with Gasteiger partial charge in [-0.1, -0.05) is 30.3 Å². The average molecular weight is 468 g/mol. The summed E-state index contributed by atoms with van der Waals surface area (Å²) in [4.78, 5) is 18.4. The van der Waals surface area contributed by atoms with Crippen molar-refractivity contribution in [3.63, 3.8) is 0 Å². The summed E-state index contributed by atoms with van der Waals surface area (Å²) in [6.45, 7) is 2.20. The van der Waals surface area contributed by atoms with Crippen molar-refractivity contribution in [3.8, 4) is 17.1 Å². The molecule has 0 saturated heterocycles. The molecule has 0 unspecified atom stereocenters. The Bertz CT molecular complexity index is 1260. The van der Waals surface area contributed by atoms with Gasteiger partial charge in [0.05, 0.1) is 28.7 Å². The lowest BCUT2D eigenvalue weighted by Gasteiger charge is -2.16. The smallest absolute Gasteiger partial charge is 0.342 e. The molecule has 176 valence electrons. The number of carbonyl (C=O) groups excluding carboxylic acids is 1. The van der Waals surface area contributed by atoms with E-state index >= 15 is 0 Å². The van der Waals surface area contributed by atoms with Crippen molar-refractivity contribution in [1.29, 1.82) is 0 Å². The molecule has 0 radical (unpaired) electrons. The average Bonchev–Trinajstić information content (AvgIpc) is 3.45. The number of amides is 1. The first-order valence-corrected chi connectivity index (χ1v) is 10.7. The van der Waals surface area contributed by atoms with Gasteiger partial charge in [-0.15, -0.1) is 0 Å². The molecule has 0 aliphatic carbocycles. The number of nitrogens with one attached hydrogen (secondary N) is 1. The van der Waals surface area contributed by atoms with Crippen LogP contribution < -0.4 is 0 Å². The molecule has 0 bridgehead atoms. The predicted molar refractivity (Wildman–Crippen MR) is 120 cm³/mol. The third-order valence-corrected chi connectivity index (χ3v) is 5.52. The van der Waals surface area contributed by atoms with Crippen LogP contribution >= 0.6 is 0 Å². The van der Waals surface area contributed by atoms with Gasteiger partial charge in [0, 0.05) is 31.0 Å². The summed E-state index contributed by atoms with van der Waals surface area (Å²) in [6, 6.07) is 14.0. The molecule has 34 heavy (non-hydrogen) atoms. The molecule has 7 nitrogen and oxygen atoms in total. The summed E-state index contributed by atoms with van der Waals surface area (Å²) in [5.41, 5.74) is 2.93. The maximum Gasteiger partial charge on any atom is 0.417 e. The quantitative estimate of drug-likeness (QED) is 0.427. The minimum Gasteiger partial charge on any atom is -0.342 e. The van der Waals surface area contributed by atoms with E-state index in [-0.39, 0.29) is 11.7 Å². The number of nitrogens with zero attached hydrogens (tertiary/aromatic N) is 5. The number of aryl methyl sites for hydroxylation is 1. The summed E-state index contributed by atoms with van der Waals surface area (Å²) >= 11 is 0. The molecule has 1 aromatic carbocycles. The summed E-state index contributed by atoms with van der Waals surface area (Å²) in [5, 5.41) is 11.5. The lowest BCUT2D eigenvalue weighted by molar-refractivity contribution is -0.137. The van der Waals surface area contributed by atoms with Crippen molar-refractivity contribution in [2.24, 2.45) is 0 Å². The Balaban J connectivity index is 1.36. The summed E-state index contributed by atoms with van der Waals surface area (Å²) in [7, 11) is 1.71. The van der Waals surface area contributed by atoms with E-state index in [9.17, 15) is 18.0 Å². The zero-order chi connectivity index (χ0) is 24.3. The van der Waals surface area contributed by atoms with Crippen LogP contribution in [0, 0.1) is 6.92 Å². The second kappa shape index (κ2) is 9.50. The van der Waals surface area contributed by atoms with Gasteiger partial charge in [-0.25, -0.2) is 9.67 Å². The van der Waals surface area contributed by atoms with E-state index in [1.54, 1.807) is 18.9 Å². The van der Waals surface area contributed by atoms with Crippen LogP contribution in [0.4, 0.5) is 13.2 Å². The normalized spacial score (nSPS) is 11.6. The van der Waals surface area contributed by atoms with Gasteiger partial charge in [-0.05, 0) is 38.0 Å². The van der Waals surface area contributed by atoms with Crippen LogP contribution in [0.3, 0.4) is 0 Å². The maximum absolute atomic E-state index is 12.9. The molecule has 3 aromatic heterocycles. The molecular weight excluding hydrogens is 445 g/mol. The first-order chi connectivity index (χ1) is 16.2. The van der Waals surface area contributed by atoms with Crippen LogP contribution in [-0.4, -0.2) is 49.4 Å². The number of hydrogen-bond acceptors (Lipinski definition) is 4. The van der Waals surface area contributed by atoms with Crippen molar-refractivity contribution in [2.45, 2.75) is 25.9 Å². The number of benzene rings is 1. The number of hydrogen-bond donors (Lipinski definition) is 1. The highest BCUT2D eigenvalue weighted by Gasteiger charge is 2.31. The number of pyridine rings is 1. The predicted octanol–water partition coefficient (Wildman–Crippen LogP) is 4.69. The van der Waals surface area contributed by atoms with E-state index in [0.29, 0.717) is 17.8 Å². The Labute approximate surface area is 194 Å². The lowest BCUT2D eigenvalue weighted by Crippen LogP contribution is -2.28. The fourth-order valence-electron chi connectivity index (χ4n) is 3.59. The second-order valence-electron chi connectivity index (χ2n) is 7.93. The molecule has 10 heteroatoms. The van der Waals surface area contributed by atoms with Gasteiger partial charge in [0.25, 0.3) is 5.91 Å². The number of H-pyrrole nitrogens is 1. The third-order valence-electron chi connectivity index (χ3n) is 5.52. The molecular formula is C24H23F3N6O. The first kappa shape index (κ1) is 23.2. The first-order valence-electron chi connectivity index (χ1n) is 10.7. The highest BCUT2D eigenvalue weighted by atomic mass is 19.4. The van der Waals surface area contributed by atoms with Crippen LogP contribution in [0.15, 0.2) is 60.9 Å². The molecule has 0 saturated carbocycles. The Hall–Kier alpha value is -3.95. The van der Waals surface area contributed by atoms with Crippen LogP contribution in [0.2, 0.25) is 0 Å². The molecule has 0 fully saturated rings. The Morgan fingerprint density at radius 2 is 1.88 bits per heavy atom. The van der Waals surface area contributed by atoms with Gasteiger partial charge < -0.3 is 4.90 Å². The number of aromatic amines is 1. The van der Waals surface area contributed by atoms with Crippen LogP contribution in [-0.2, 0) is 12.6 Å². The minimum atomic E-state index is -4.46. The van der Waals surface area contributed by atoms with Gasteiger partial charge in [0.1, 0.15) is 0 Å². The van der Waals surface area contributed by atoms with Crippen molar-refractivity contribution in [1.82, 2.24) is 29.9 Å². The van der Waals surface area contributed by atoms with Gasteiger partial charge in [0.2, 0.25) is 0 Å². The summed E-state index contributed by atoms with van der Waals surface area (Å²) < 4.78 is 39.7. The Morgan fingerprint density at radius 1 is 1.12 bits per heavy atom. The molecule has 4 rings (SSSR count). The van der Waals surface area contributed by atoms with E-state index in [4.69, 9.17) is 0 Å². The zero-order valence-electron chi connectivity index (χ0n) is 18.7. The third kappa shape index (κ3) is 5.00. The minimum absolute atomic E-state index is 0.209. The number of alkyl halides is 3. The van der Waals surface area contributed by atoms with Gasteiger partial charge in [-0.3, -0.25) is 9.89 Å². The lowest BCUT2D eigenvalue weighted by atomic mass is 10.1. The molecule has 0 spiro atoms. The molecule has 0 atom stereocenters. The van der Waals surface area contributed by atoms with Gasteiger partial charge in [-0.2, -0.15) is 23.4 Å². The largest absolute Gasteiger partial charge is 0.417 e. The van der Waals surface area contributed by atoms with Crippen molar-refractivity contribution in [2.75, 3.05) is 13.6 Å². The SMILES string of the molecule is Cc1c(C(=O)N(C)CCCc2cc(-c3ccccc3)n[nH]2)cnn1-c1ccc(C(F)(F)F)cn1. The van der Waals surface area contributed by atoms with Crippen LogP contribution in [0.1, 0.15) is 33.7 Å².